The zero-order valence-electron chi connectivity index (χ0n) is 15.5. The summed E-state index contributed by atoms with van der Waals surface area (Å²) < 4.78 is 83.1. The van der Waals surface area contributed by atoms with Crippen molar-refractivity contribution in [3.8, 4) is 5.75 Å². The number of aromatic nitrogens is 1. The number of Topliss-reactive ketones (excluding diaryl/α,β-unsaturated/α-hetero) is 1. The topological polar surface area (TPSA) is 59.2 Å². The van der Waals surface area contributed by atoms with E-state index >= 15 is 0 Å². The van der Waals surface area contributed by atoms with Gasteiger partial charge >= 0.3 is 6.36 Å². The number of alkyl halides is 3. The highest BCUT2D eigenvalue weighted by Crippen LogP contribution is 2.35. The summed E-state index contributed by atoms with van der Waals surface area (Å²) in [7, 11) is 0. The predicted molar refractivity (Wildman–Crippen MR) is 97.3 cm³/mol. The van der Waals surface area contributed by atoms with Crippen molar-refractivity contribution in [3.63, 3.8) is 0 Å². The molecule has 1 heterocycles. The van der Waals surface area contributed by atoms with Crippen molar-refractivity contribution in [3.05, 3.63) is 99.2 Å². The summed E-state index contributed by atoms with van der Waals surface area (Å²) in [5.41, 5.74) is -0.776. The molecule has 0 spiro atoms. The van der Waals surface area contributed by atoms with Crippen molar-refractivity contribution in [2.24, 2.45) is 0 Å². The van der Waals surface area contributed by atoms with Gasteiger partial charge < -0.3 is 9.72 Å². The molecule has 1 atom stereocenters. The summed E-state index contributed by atoms with van der Waals surface area (Å²) in [6.07, 6.45) is -4.48. The van der Waals surface area contributed by atoms with Gasteiger partial charge in [-0.1, -0.05) is 6.07 Å². The van der Waals surface area contributed by atoms with Crippen LogP contribution < -0.4 is 10.3 Å². The van der Waals surface area contributed by atoms with E-state index in [0.717, 1.165) is 36.5 Å². The van der Waals surface area contributed by atoms with Gasteiger partial charge in [-0.25, -0.2) is 13.2 Å². The number of carbonyl (C=O) groups is 1. The molecule has 1 aromatic heterocycles. The Morgan fingerprint density at radius 1 is 0.968 bits per heavy atom. The highest BCUT2D eigenvalue weighted by atomic mass is 19.4. The molecule has 0 saturated heterocycles. The second kappa shape index (κ2) is 8.66. The number of pyridine rings is 1. The number of rotatable bonds is 6. The third-order valence-corrected chi connectivity index (χ3v) is 4.41. The van der Waals surface area contributed by atoms with Gasteiger partial charge in [-0.3, -0.25) is 9.59 Å². The zero-order valence-corrected chi connectivity index (χ0v) is 15.5. The van der Waals surface area contributed by atoms with Crippen molar-refractivity contribution in [1.29, 1.82) is 0 Å². The van der Waals surface area contributed by atoms with E-state index < -0.39 is 53.2 Å². The number of hydrogen-bond donors (Lipinski definition) is 1. The van der Waals surface area contributed by atoms with Crippen LogP contribution in [-0.4, -0.2) is 17.1 Å². The number of H-pyrrole nitrogens is 1. The quantitative estimate of drug-likeness (QED) is 0.428. The highest BCUT2D eigenvalue weighted by molar-refractivity contribution is 5.96. The lowest BCUT2D eigenvalue weighted by molar-refractivity contribution is -0.275. The van der Waals surface area contributed by atoms with Crippen LogP contribution in [0.15, 0.2) is 59.5 Å². The van der Waals surface area contributed by atoms with Crippen LogP contribution in [0.1, 0.15) is 33.8 Å². The molecule has 2 aromatic carbocycles. The molecule has 0 amide bonds. The third-order valence-electron chi connectivity index (χ3n) is 4.41. The maximum Gasteiger partial charge on any atom is 0.573 e. The van der Waals surface area contributed by atoms with Crippen molar-refractivity contribution in [2.75, 3.05) is 0 Å². The van der Waals surface area contributed by atoms with Crippen LogP contribution in [-0.2, 0) is 0 Å². The molecule has 0 aliphatic rings. The summed E-state index contributed by atoms with van der Waals surface area (Å²) in [6.45, 7) is 0. The lowest BCUT2D eigenvalue weighted by Gasteiger charge is -2.19. The van der Waals surface area contributed by atoms with Crippen LogP contribution in [0.25, 0.3) is 0 Å². The van der Waals surface area contributed by atoms with Crippen LogP contribution in [0, 0.1) is 17.5 Å². The van der Waals surface area contributed by atoms with E-state index in [0.29, 0.717) is 12.1 Å². The molecule has 0 radical (unpaired) electrons. The van der Waals surface area contributed by atoms with Crippen molar-refractivity contribution < 1.29 is 35.9 Å². The number of carbonyl (C=O) groups excluding carboxylic acids is 1. The molecule has 0 aliphatic heterocycles. The Morgan fingerprint density at radius 2 is 1.71 bits per heavy atom. The van der Waals surface area contributed by atoms with Gasteiger partial charge in [0.05, 0.1) is 0 Å². The molecule has 3 rings (SSSR count). The molecule has 162 valence electrons. The van der Waals surface area contributed by atoms with Gasteiger partial charge in [0.25, 0.3) is 0 Å². The van der Waals surface area contributed by atoms with Gasteiger partial charge in [0, 0.05) is 30.2 Å². The molecule has 0 aliphatic carbocycles. The first kappa shape index (κ1) is 22.1. The van der Waals surface area contributed by atoms with E-state index in [1.807, 2.05) is 0 Å². The minimum atomic E-state index is -5.13. The molecule has 10 heteroatoms. The fourth-order valence-corrected chi connectivity index (χ4v) is 3.02. The monoisotopic (exact) mass is 441 g/mol. The van der Waals surface area contributed by atoms with E-state index in [1.54, 1.807) is 0 Å². The molecule has 1 unspecified atom stereocenters. The van der Waals surface area contributed by atoms with Crippen LogP contribution in [0.4, 0.5) is 26.3 Å². The van der Waals surface area contributed by atoms with E-state index in [2.05, 4.69) is 9.72 Å². The number of benzene rings is 2. The van der Waals surface area contributed by atoms with Gasteiger partial charge in [-0.05, 0) is 47.5 Å². The summed E-state index contributed by atoms with van der Waals surface area (Å²) in [4.78, 5) is 26.1. The van der Waals surface area contributed by atoms with Gasteiger partial charge in [0.15, 0.2) is 17.3 Å². The Kier molecular flexibility index (Phi) is 6.19. The Labute approximate surface area is 171 Å². The Bertz CT molecular complexity index is 1150. The van der Waals surface area contributed by atoms with E-state index in [-0.39, 0.29) is 16.7 Å². The smallest absolute Gasteiger partial charge is 0.403 e. The summed E-state index contributed by atoms with van der Waals surface area (Å²) in [5.74, 6) is -6.05. The van der Waals surface area contributed by atoms with E-state index in [4.69, 9.17) is 0 Å². The fourth-order valence-electron chi connectivity index (χ4n) is 3.02. The first-order chi connectivity index (χ1) is 14.5. The Balaban J connectivity index is 2.03. The highest BCUT2D eigenvalue weighted by Gasteiger charge is 2.33. The van der Waals surface area contributed by atoms with Crippen LogP contribution in [0.5, 0.6) is 5.75 Å². The average Bonchev–Trinajstić information content (AvgIpc) is 2.69. The summed E-state index contributed by atoms with van der Waals surface area (Å²) >= 11 is 0. The van der Waals surface area contributed by atoms with Crippen LogP contribution in [0.3, 0.4) is 0 Å². The second-order valence-corrected chi connectivity index (χ2v) is 6.52. The Morgan fingerprint density at radius 3 is 2.32 bits per heavy atom. The zero-order chi connectivity index (χ0) is 22.8. The number of halogens is 6. The molecule has 4 nitrogen and oxygen atoms in total. The fraction of sp³-hybridized carbons (Fsp3) is 0.143. The number of nitrogens with one attached hydrogen (secondary N) is 1. The number of ether oxygens (including phenoxy) is 1. The summed E-state index contributed by atoms with van der Waals surface area (Å²) in [6, 6.07) is 7.18. The van der Waals surface area contributed by atoms with Crippen molar-refractivity contribution in [2.45, 2.75) is 18.7 Å². The molecule has 31 heavy (non-hydrogen) atoms. The van der Waals surface area contributed by atoms with Gasteiger partial charge in [-0.15, -0.1) is 13.2 Å². The first-order valence-electron chi connectivity index (χ1n) is 8.75. The molecular formula is C21H13F6NO3. The average molecular weight is 441 g/mol. The molecule has 3 aromatic rings. The molecule has 0 fully saturated rings. The number of hydrogen-bond acceptors (Lipinski definition) is 3. The van der Waals surface area contributed by atoms with E-state index in [9.17, 15) is 35.9 Å². The molecular weight excluding hydrogens is 428 g/mol. The number of ketones is 1. The maximum atomic E-state index is 14.4. The normalized spacial score (nSPS) is 12.5. The second-order valence-electron chi connectivity index (χ2n) is 6.52. The lowest BCUT2D eigenvalue weighted by atomic mass is 9.85. The third kappa shape index (κ3) is 5.53. The van der Waals surface area contributed by atoms with Crippen molar-refractivity contribution >= 4 is 5.78 Å². The minimum absolute atomic E-state index is 0.0545. The van der Waals surface area contributed by atoms with E-state index in [1.165, 1.54) is 6.07 Å². The largest absolute Gasteiger partial charge is 0.573 e. The summed E-state index contributed by atoms with van der Waals surface area (Å²) in [5, 5.41) is 0. The lowest BCUT2D eigenvalue weighted by Crippen LogP contribution is -2.18. The van der Waals surface area contributed by atoms with Gasteiger partial charge in [0.1, 0.15) is 11.6 Å². The van der Waals surface area contributed by atoms with Crippen molar-refractivity contribution in [1.82, 2.24) is 4.98 Å². The standard InChI is InChI=1S/C21H13F6NO3/c22-13-3-4-16(23)15(8-13)14(9-18(29)12-2-6-20(30)28-10-12)11-1-5-19(17(24)7-11)31-21(25,26)27/h1-8,10,14H,9H2,(H,28,30). The predicted octanol–water partition coefficient (Wildman–Crippen LogP) is 5.10. The molecule has 0 bridgehead atoms. The molecule has 0 saturated carbocycles. The maximum absolute atomic E-state index is 14.4. The van der Waals surface area contributed by atoms with Crippen LogP contribution >= 0.6 is 0 Å². The van der Waals surface area contributed by atoms with Crippen LogP contribution in [0.2, 0.25) is 0 Å². The SMILES string of the molecule is O=C(CC(c1ccc(OC(F)(F)F)c(F)c1)c1cc(F)ccc1F)c1ccc(=O)[nH]c1. The van der Waals surface area contributed by atoms with Gasteiger partial charge in [-0.2, -0.15) is 0 Å². The molecule has 1 N–H and O–H groups in total. The first-order valence-corrected chi connectivity index (χ1v) is 8.75. The van der Waals surface area contributed by atoms with Gasteiger partial charge in [0.2, 0.25) is 5.56 Å². The number of aromatic amines is 1. The Hall–Kier alpha value is -3.56. The minimum Gasteiger partial charge on any atom is -0.403 e.